The lowest BCUT2D eigenvalue weighted by atomic mass is 9.85. The lowest BCUT2D eigenvalue weighted by Gasteiger charge is -2.30. The first-order chi connectivity index (χ1) is 8.38. The molecule has 1 saturated carbocycles. The van der Waals surface area contributed by atoms with Gasteiger partial charge in [0.05, 0.1) is 6.10 Å². The summed E-state index contributed by atoms with van der Waals surface area (Å²) < 4.78 is 6.07. The summed E-state index contributed by atoms with van der Waals surface area (Å²) in [5.74, 6) is 0.835. The Kier molecular flexibility index (Phi) is 8.72. The predicted molar refractivity (Wildman–Crippen MR) is 74.4 cm³/mol. The molecule has 1 fully saturated rings. The van der Waals surface area contributed by atoms with Gasteiger partial charge in [0.15, 0.2) is 0 Å². The minimum Gasteiger partial charge on any atom is -0.378 e. The van der Waals surface area contributed by atoms with E-state index in [2.05, 4.69) is 19.2 Å². The Balaban J connectivity index is 1.97. The Bertz CT molecular complexity index is 172. The molecule has 2 nitrogen and oxygen atoms in total. The third kappa shape index (κ3) is 6.42. The summed E-state index contributed by atoms with van der Waals surface area (Å²) in [6, 6.07) is 0. The van der Waals surface area contributed by atoms with E-state index in [-0.39, 0.29) is 0 Å². The highest BCUT2D eigenvalue weighted by molar-refractivity contribution is 4.74. The molecule has 0 aromatic heterocycles. The van der Waals surface area contributed by atoms with Crippen molar-refractivity contribution in [1.29, 1.82) is 0 Å². The van der Waals surface area contributed by atoms with E-state index in [1.54, 1.807) is 0 Å². The molecular formula is C15H31NO. The van der Waals surface area contributed by atoms with Crippen LogP contribution in [-0.2, 0) is 4.74 Å². The quantitative estimate of drug-likeness (QED) is 0.621. The standard InChI is InChI=1S/C15H31NO/c1-3-11-16-12-7-8-13-17-15-10-6-5-9-14(15)4-2/h14-16H,3-13H2,1-2H3. The average molecular weight is 241 g/mol. The van der Waals surface area contributed by atoms with Crippen LogP contribution in [0.3, 0.4) is 0 Å². The molecule has 1 aliphatic carbocycles. The smallest absolute Gasteiger partial charge is 0.0603 e. The number of unbranched alkanes of at least 4 members (excludes halogenated alkanes) is 1. The van der Waals surface area contributed by atoms with Crippen molar-refractivity contribution in [2.45, 2.75) is 71.3 Å². The third-order valence-corrected chi connectivity index (χ3v) is 3.87. The molecule has 2 atom stereocenters. The lowest BCUT2D eigenvalue weighted by Crippen LogP contribution is -2.27. The maximum Gasteiger partial charge on any atom is 0.0603 e. The van der Waals surface area contributed by atoms with Gasteiger partial charge in [0.25, 0.3) is 0 Å². The summed E-state index contributed by atoms with van der Waals surface area (Å²) in [7, 11) is 0. The molecule has 0 amide bonds. The van der Waals surface area contributed by atoms with Gasteiger partial charge in [0, 0.05) is 6.61 Å². The summed E-state index contributed by atoms with van der Waals surface area (Å²) in [5, 5.41) is 3.44. The molecule has 0 radical (unpaired) electrons. The van der Waals surface area contributed by atoms with E-state index in [9.17, 15) is 0 Å². The minimum absolute atomic E-state index is 0.567. The highest BCUT2D eigenvalue weighted by Gasteiger charge is 2.23. The summed E-state index contributed by atoms with van der Waals surface area (Å²) >= 11 is 0. The summed E-state index contributed by atoms with van der Waals surface area (Å²) in [5.41, 5.74) is 0. The van der Waals surface area contributed by atoms with Crippen molar-refractivity contribution in [2.75, 3.05) is 19.7 Å². The van der Waals surface area contributed by atoms with E-state index in [0.29, 0.717) is 6.10 Å². The molecule has 0 aliphatic heterocycles. The Morgan fingerprint density at radius 3 is 2.65 bits per heavy atom. The number of hydrogen-bond acceptors (Lipinski definition) is 2. The second-order valence-electron chi connectivity index (χ2n) is 5.32. The number of nitrogens with one attached hydrogen (secondary N) is 1. The van der Waals surface area contributed by atoms with E-state index < -0.39 is 0 Å². The van der Waals surface area contributed by atoms with Crippen molar-refractivity contribution in [3.05, 3.63) is 0 Å². The predicted octanol–water partition coefficient (Wildman–Crippen LogP) is 3.75. The van der Waals surface area contributed by atoms with Crippen LogP contribution in [0.25, 0.3) is 0 Å². The molecule has 102 valence electrons. The highest BCUT2D eigenvalue weighted by atomic mass is 16.5. The van der Waals surface area contributed by atoms with Gasteiger partial charge in [0.1, 0.15) is 0 Å². The summed E-state index contributed by atoms with van der Waals surface area (Å²) in [6.45, 7) is 7.79. The van der Waals surface area contributed by atoms with E-state index in [1.807, 2.05) is 0 Å². The second-order valence-corrected chi connectivity index (χ2v) is 5.32. The highest BCUT2D eigenvalue weighted by Crippen LogP contribution is 2.29. The molecule has 17 heavy (non-hydrogen) atoms. The zero-order valence-corrected chi connectivity index (χ0v) is 11.8. The third-order valence-electron chi connectivity index (χ3n) is 3.87. The fourth-order valence-corrected chi connectivity index (χ4v) is 2.75. The zero-order chi connectivity index (χ0) is 12.3. The molecule has 1 N–H and O–H groups in total. The number of hydrogen-bond donors (Lipinski definition) is 1. The Morgan fingerprint density at radius 2 is 1.88 bits per heavy atom. The first-order valence-corrected chi connectivity index (χ1v) is 7.70. The Morgan fingerprint density at radius 1 is 1.06 bits per heavy atom. The topological polar surface area (TPSA) is 21.3 Å². The monoisotopic (exact) mass is 241 g/mol. The van der Waals surface area contributed by atoms with E-state index in [0.717, 1.165) is 25.6 Å². The number of rotatable bonds is 9. The second kappa shape index (κ2) is 9.90. The van der Waals surface area contributed by atoms with Crippen LogP contribution in [0.4, 0.5) is 0 Å². The van der Waals surface area contributed by atoms with Gasteiger partial charge in [-0.05, 0) is 51.1 Å². The van der Waals surface area contributed by atoms with Crippen LogP contribution in [0, 0.1) is 5.92 Å². The lowest BCUT2D eigenvalue weighted by molar-refractivity contribution is -0.0133. The van der Waals surface area contributed by atoms with Crippen molar-refractivity contribution in [1.82, 2.24) is 5.32 Å². The van der Waals surface area contributed by atoms with E-state index >= 15 is 0 Å². The van der Waals surface area contributed by atoms with Gasteiger partial charge < -0.3 is 10.1 Å². The minimum atomic E-state index is 0.567. The molecule has 2 heteroatoms. The van der Waals surface area contributed by atoms with Crippen LogP contribution in [-0.4, -0.2) is 25.8 Å². The first kappa shape index (κ1) is 15.0. The van der Waals surface area contributed by atoms with Gasteiger partial charge in [-0.25, -0.2) is 0 Å². The fraction of sp³-hybridized carbons (Fsp3) is 1.00. The normalized spacial score (nSPS) is 25.1. The molecule has 0 saturated heterocycles. The van der Waals surface area contributed by atoms with Crippen LogP contribution >= 0.6 is 0 Å². The van der Waals surface area contributed by atoms with Crippen LogP contribution in [0.1, 0.15) is 65.2 Å². The van der Waals surface area contributed by atoms with Gasteiger partial charge in [0.2, 0.25) is 0 Å². The van der Waals surface area contributed by atoms with E-state index in [1.165, 1.54) is 51.4 Å². The fourth-order valence-electron chi connectivity index (χ4n) is 2.75. The molecule has 0 aromatic rings. The molecule has 2 unspecified atom stereocenters. The summed E-state index contributed by atoms with van der Waals surface area (Å²) in [4.78, 5) is 0. The largest absolute Gasteiger partial charge is 0.378 e. The molecule has 0 spiro atoms. The molecule has 1 rings (SSSR count). The molecule has 0 heterocycles. The van der Waals surface area contributed by atoms with Gasteiger partial charge in [-0.3, -0.25) is 0 Å². The molecule has 0 bridgehead atoms. The van der Waals surface area contributed by atoms with Crippen molar-refractivity contribution in [3.8, 4) is 0 Å². The van der Waals surface area contributed by atoms with Gasteiger partial charge in [-0.15, -0.1) is 0 Å². The average Bonchev–Trinajstić information content (AvgIpc) is 2.38. The van der Waals surface area contributed by atoms with E-state index in [4.69, 9.17) is 4.74 Å². The Labute approximate surface area is 108 Å². The number of ether oxygens (including phenoxy) is 1. The SMILES string of the molecule is CCCNCCCCOC1CCCCC1CC. The molecular weight excluding hydrogens is 210 g/mol. The maximum absolute atomic E-state index is 6.07. The van der Waals surface area contributed by atoms with Crippen molar-refractivity contribution in [2.24, 2.45) is 5.92 Å². The zero-order valence-electron chi connectivity index (χ0n) is 11.8. The molecule has 1 aliphatic rings. The van der Waals surface area contributed by atoms with Crippen molar-refractivity contribution in [3.63, 3.8) is 0 Å². The Hall–Kier alpha value is -0.0800. The van der Waals surface area contributed by atoms with Crippen molar-refractivity contribution < 1.29 is 4.74 Å². The van der Waals surface area contributed by atoms with Crippen LogP contribution < -0.4 is 5.32 Å². The maximum atomic E-state index is 6.07. The van der Waals surface area contributed by atoms with Gasteiger partial charge in [-0.2, -0.15) is 0 Å². The van der Waals surface area contributed by atoms with Crippen LogP contribution in [0.5, 0.6) is 0 Å². The van der Waals surface area contributed by atoms with Gasteiger partial charge in [-0.1, -0.05) is 33.1 Å². The first-order valence-electron chi connectivity index (χ1n) is 7.70. The van der Waals surface area contributed by atoms with Crippen molar-refractivity contribution >= 4 is 0 Å². The summed E-state index contributed by atoms with van der Waals surface area (Å²) in [6.07, 6.45) is 11.0. The van der Waals surface area contributed by atoms with Gasteiger partial charge >= 0.3 is 0 Å². The van der Waals surface area contributed by atoms with Crippen LogP contribution in [0.15, 0.2) is 0 Å². The van der Waals surface area contributed by atoms with Crippen LogP contribution in [0.2, 0.25) is 0 Å². The molecule has 0 aromatic carbocycles.